The zero-order valence-corrected chi connectivity index (χ0v) is 15.3. The van der Waals surface area contributed by atoms with Crippen LogP contribution in [-0.4, -0.2) is 34.7 Å². The number of carbonyl (C=O) groups excluding carboxylic acids is 3. The van der Waals surface area contributed by atoms with Crippen LogP contribution in [0.5, 0.6) is 0 Å². The second-order valence-electron chi connectivity index (χ2n) is 7.33. The molecule has 0 saturated carbocycles. The summed E-state index contributed by atoms with van der Waals surface area (Å²) in [5, 5.41) is 14.1. The molecule has 1 aliphatic heterocycles. The molecule has 7 heteroatoms. The standard InChI is InChI=1S/C19H24N4O3/c1-19(2,3)23-12-14(10-17(23)25)18(26)21-11-13-6-4-5-7-15(13)22-16(24)8-9-20/h4-7,14H,8,10-12H2,1-3H3,(H,21,26)(H,22,24). The van der Waals surface area contributed by atoms with E-state index in [1.807, 2.05) is 26.8 Å². The molecule has 0 aliphatic carbocycles. The van der Waals surface area contributed by atoms with Gasteiger partial charge in [0.25, 0.3) is 0 Å². The van der Waals surface area contributed by atoms with E-state index in [-0.39, 0.29) is 42.7 Å². The molecule has 1 aromatic carbocycles. The Morgan fingerprint density at radius 1 is 1.31 bits per heavy atom. The fourth-order valence-corrected chi connectivity index (χ4v) is 2.92. The van der Waals surface area contributed by atoms with Gasteiger partial charge in [0.2, 0.25) is 17.7 Å². The Hall–Kier alpha value is -2.88. The summed E-state index contributed by atoms with van der Waals surface area (Å²) in [4.78, 5) is 37.9. The lowest BCUT2D eigenvalue weighted by atomic mass is 10.1. The van der Waals surface area contributed by atoms with Crippen LogP contribution < -0.4 is 10.6 Å². The highest BCUT2D eigenvalue weighted by Gasteiger charge is 2.39. The Balaban J connectivity index is 1.97. The van der Waals surface area contributed by atoms with E-state index in [0.29, 0.717) is 12.2 Å². The number of nitriles is 1. The van der Waals surface area contributed by atoms with Gasteiger partial charge in [-0.15, -0.1) is 0 Å². The van der Waals surface area contributed by atoms with Gasteiger partial charge in [-0.05, 0) is 32.4 Å². The lowest BCUT2D eigenvalue weighted by Crippen LogP contribution is -2.43. The minimum atomic E-state index is -0.395. The maximum atomic E-state index is 12.5. The first-order valence-electron chi connectivity index (χ1n) is 8.55. The van der Waals surface area contributed by atoms with E-state index in [9.17, 15) is 14.4 Å². The summed E-state index contributed by atoms with van der Waals surface area (Å²) in [6, 6.07) is 8.89. The molecule has 0 aromatic heterocycles. The number of benzene rings is 1. The number of amides is 3. The zero-order chi connectivity index (χ0) is 19.3. The van der Waals surface area contributed by atoms with Gasteiger partial charge in [0.15, 0.2) is 0 Å². The Morgan fingerprint density at radius 2 is 2.00 bits per heavy atom. The maximum absolute atomic E-state index is 12.5. The lowest BCUT2D eigenvalue weighted by molar-refractivity contribution is -0.132. The van der Waals surface area contributed by atoms with E-state index >= 15 is 0 Å². The molecule has 3 amide bonds. The van der Waals surface area contributed by atoms with Crippen LogP contribution in [0.2, 0.25) is 0 Å². The maximum Gasteiger partial charge on any atom is 0.238 e. The fourth-order valence-electron chi connectivity index (χ4n) is 2.92. The van der Waals surface area contributed by atoms with E-state index in [1.165, 1.54) is 0 Å². The van der Waals surface area contributed by atoms with Crippen molar-refractivity contribution in [1.29, 1.82) is 5.26 Å². The van der Waals surface area contributed by atoms with Gasteiger partial charge in [-0.25, -0.2) is 0 Å². The normalized spacial score (nSPS) is 16.9. The smallest absolute Gasteiger partial charge is 0.238 e. The second-order valence-corrected chi connectivity index (χ2v) is 7.33. The van der Waals surface area contributed by atoms with Crippen LogP contribution >= 0.6 is 0 Å². The molecule has 7 nitrogen and oxygen atoms in total. The van der Waals surface area contributed by atoms with E-state index in [1.54, 1.807) is 29.2 Å². The van der Waals surface area contributed by atoms with Crippen LogP contribution in [0.3, 0.4) is 0 Å². The summed E-state index contributed by atoms with van der Waals surface area (Å²) >= 11 is 0. The van der Waals surface area contributed by atoms with Gasteiger partial charge < -0.3 is 15.5 Å². The highest BCUT2D eigenvalue weighted by Crippen LogP contribution is 2.26. The third-order valence-electron chi connectivity index (χ3n) is 4.29. The Labute approximate surface area is 153 Å². The van der Waals surface area contributed by atoms with E-state index in [4.69, 9.17) is 5.26 Å². The van der Waals surface area contributed by atoms with Gasteiger partial charge in [0.05, 0.1) is 12.0 Å². The number of anilines is 1. The first-order valence-corrected chi connectivity index (χ1v) is 8.55. The molecular formula is C19H24N4O3. The molecule has 1 atom stereocenters. The Kier molecular flexibility index (Phi) is 5.98. The van der Waals surface area contributed by atoms with Crippen molar-refractivity contribution in [1.82, 2.24) is 10.2 Å². The number of para-hydroxylation sites is 1. The number of nitrogens with zero attached hydrogens (tertiary/aromatic N) is 2. The minimum absolute atomic E-state index is 0.0122. The van der Waals surface area contributed by atoms with Crippen LogP contribution in [-0.2, 0) is 20.9 Å². The molecule has 1 aromatic rings. The average Bonchev–Trinajstić information content (AvgIpc) is 2.96. The number of likely N-dealkylation sites (tertiary alicyclic amines) is 1. The first-order chi connectivity index (χ1) is 12.2. The highest BCUT2D eigenvalue weighted by atomic mass is 16.2. The second kappa shape index (κ2) is 8.00. The molecule has 26 heavy (non-hydrogen) atoms. The van der Waals surface area contributed by atoms with Crippen LogP contribution in [0, 0.1) is 17.2 Å². The topological polar surface area (TPSA) is 102 Å². The van der Waals surface area contributed by atoms with Crippen molar-refractivity contribution in [2.24, 2.45) is 5.92 Å². The fraction of sp³-hybridized carbons (Fsp3) is 0.474. The molecule has 1 heterocycles. The van der Waals surface area contributed by atoms with Crippen LogP contribution in [0.4, 0.5) is 5.69 Å². The third-order valence-corrected chi connectivity index (χ3v) is 4.29. The summed E-state index contributed by atoms with van der Waals surface area (Å²) in [6.45, 7) is 6.50. The van der Waals surface area contributed by atoms with Crippen molar-refractivity contribution in [2.45, 2.75) is 45.7 Å². The van der Waals surface area contributed by atoms with E-state index < -0.39 is 5.91 Å². The lowest BCUT2D eigenvalue weighted by Gasteiger charge is -2.31. The molecule has 1 fully saturated rings. The number of carbonyl (C=O) groups is 3. The number of hydrogen-bond acceptors (Lipinski definition) is 4. The van der Waals surface area contributed by atoms with Gasteiger partial charge in [-0.2, -0.15) is 5.26 Å². The Morgan fingerprint density at radius 3 is 2.62 bits per heavy atom. The number of hydrogen-bond donors (Lipinski definition) is 2. The monoisotopic (exact) mass is 356 g/mol. The van der Waals surface area contributed by atoms with Gasteiger partial charge in [0.1, 0.15) is 6.42 Å². The molecule has 2 rings (SSSR count). The molecule has 1 aliphatic rings. The summed E-state index contributed by atoms with van der Waals surface area (Å²) in [5.74, 6) is -0.958. The molecular weight excluding hydrogens is 332 g/mol. The number of rotatable bonds is 5. The van der Waals surface area contributed by atoms with Gasteiger partial charge in [-0.1, -0.05) is 18.2 Å². The van der Waals surface area contributed by atoms with Gasteiger partial charge in [-0.3, -0.25) is 14.4 Å². The van der Waals surface area contributed by atoms with Crippen LogP contribution in [0.25, 0.3) is 0 Å². The Bertz CT molecular complexity index is 746. The van der Waals surface area contributed by atoms with Crippen molar-refractivity contribution in [3.8, 4) is 6.07 Å². The molecule has 1 unspecified atom stereocenters. The molecule has 2 N–H and O–H groups in total. The largest absolute Gasteiger partial charge is 0.352 e. The average molecular weight is 356 g/mol. The SMILES string of the molecule is CC(C)(C)N1CC(C(=O)NCc2ccccc2NC(=O)CC#N)CC1=O. The van der Waals surface area contributed by atoms with Crippen molar-refractivity contribution in [3.05, 3.63) is 29.8 Å². The summed E-state index contributed by atoms with van der Waals surface area (Å²) in [7, 11) is 0. The summed E-state index contributed by atoms with van der Waals surface area (Å²) in [6.07, 6.45) is -0.0167. The quantitative estimate of drug-likeness (QED) is 0.840. The molecule has 0 radical (unpaired) electrons. The van der Waals surface area contributed by atoms with Crippen molar-refractivity contribution in [3.63, 3.8) is 0 Å². The molecule has 0 bridgehead atoms. The first kappa shape index (κ1) is 19.4. The third kappa shape index (κ3) is 4.82. The van der Waals surface area contributed by atoms with Crippen LogP contribution in [0.15, 0.2) is 24.3 Å². The molecule has 0 spiro atoms. The van der Waals surface area contributed by atoms with Crippen molar-refractivity contribution < 1.29 is 14.4 Å². The molecule has 1 saturated heterocycles. The van der Waals surface area contributed by atoms with Crippen LogP contribution in [0.1, 0.15) is 39.2 Å². The minimum Gasteiger partial charge on any atom is -0.352 e. The van der Waals surface area contributed by atoms with E-state index in [0.717, 1.165) is 5.56 Å². The number of nitrogens with one attached hydrogen (secondary N) is 2. The van der Waals surface area contributed by atoms with Gasteiger partial charge in [0, 0.05) is 30.7 Å². The van der Waals surface area contributed by atoms with Gasteiger partial charge >= 0.3 is 0 Å². The predicted molar refractivity (Wildman–Crippen MR) is 96.7 cm³/mol. The van der Waals surface area contributed by atoms with Crippen molar-refractivity contribution in [2.75, 3.05) is 11.9 Å². The van der Waals surface area contributed by atoms with Crippen molar-refractivity contribution >= 4 is 23.4 Å². The zero-order valence-electron chi connectivity index (χ0n) is 15.3. The predicted octanol–water partition coefficient (Wildman–Crippen LogP) is 1.80. The summed E-state index contributed by atoms with van der Waals surface area (Å²) in [5.41, 5.74) is 1.00. The summed E-state index contributed by atoms with van der Waals surface area (Å²) < 4.78 is 0. The van der Waals surface area contributed by atoms with E-state index in [2.05, 4.69) is 10.6 Å². The highest BCUT2D eigenvalue weighted by molar-refractivity contribution is 5.93. The molecule has 138 valence electrons.